The third kappa shape index (κ3) is 6.25. The molecule has 1 amide bonds. The minimum absolute atomic E-state index is 0.186. The molecule has 5 nitrogen and oxygen atoms in total. The fraction of sp³-hybridized carbons (Fsp3) is 0.929. The second kappa shape index (κ2) is 7.70. The van der Waals surface area contributed by atoms with Gasteiger partial charge in [0.2, 0.25) is 0 Å². The summed E-state index contributed by atoms with van der Waals surface area (Å²) < 4.78 is 10.4. The van der Waals surface area contributed by atoms with Crippen molar-refractivity contribution in [3.63, 3.8) is 0 Å². The van der Waals surface area contributed by atoms with E-state index in [0.717, 1.165) is 45.5 Å². The summed E-state index contributed by atoms with van der Waals surface area (Å²) >= 11 is 0. The van der Waals surface area contributed by atoms with Crippen LogP contribution in [0.5, 0.6) is 0 Å². The molecule has 0 spiro atoms. The molecule has 1 N–H and O–H groups in total. The number of likely N-dealkylation sites (tertiary alicyclic amines) is 1. The molecule has 0 radical (unpaired) electrons. The zero-order valence-corrected chi connectivity index (χ0v) is 12.7. The number of carbonyl (C=O) groups excluding carboxylic acids is 1. The summed E-state index contributed by atoms with van der Waals surface area (Å²) in [7, 11) is 1.71. The minimum Gasteiger partial charge on any atom is -0.444 e. The third-order valence-corrected chi connectivity index (χ3v) is 3.09. The summed E-state index contributed by atoms with van der Waals surface area (Å²) in [4.78, 5) is 13.9. The fourth-order valence-electron chi connectivity index (χ4n) is 2.22. The Labute approximate surface area is 116 Å². The van der Waals surface area contributed by atoms with Gasteiger partial charge in [-0.05, 0) is 46.6 Å². The molecule has 0 bridgehead atoms. The molecule has 1 aliphatic rings. The maximum absolute atomic E-state index is 12.1. The van der Waals surface area contributed by atoms with Gasteiger partial charge in [-0.2, -0.15) is 0 Å². The molecule has 5 heteroatoms. The maximum atomic E-state index is 12.1. The lowest BCUT2D eigenvalue weighted by molar-refractivity contribution is 0.0226. The smallest absolute Gasteiger partial charge is 0.410 e. The molecule has 1 saturated heterocycles. The van der Waals surface area contributed by atoms with E-state index in [9.17, 15) is 4.79 Å². The van der Waals surface area contributed by atoms with Gasteiger partial charge in [0.1, 0.15) is 5.60 Å². The number of carbonyl (C=O) groups is 1. The molecule has 1 fully saturated rings. The van der Waals surface area contributed by atoms with Gasteiger partial charge in [-0.15, -0.1) is 0 Å². The number of methoxy groups -OCH3 is 1. The Hall–Kier alpha value is -0.810. The van der Waals surface area contributed by atoms with Gasteiger partial charge < -0.3 is 19.7 Å². The van der Waals surface area contributed by atoms with E-state index < -0.39 is 5.60 Å². The summed E-state index contributed by atoms with van der Waals surface area (Å²) in [5.41, 5.74) is -0.421. The lowest BCUT2D eigenvalue weighted by atomic mass is 10.2. The van der Waals surface area contributed by atoms with E-state index in [1.807, 2.05) is 25.7 Å². The summed E-state index contributed by atoms with van der Waals surface area (Å²) in [6.07, 6.45) is 2.92. The maximum Gasteiger partial charge on any atom is 0.410 e. The van der Waals surface area contributed by atoms with Crippen LogP contribution in [-0.4, -0.2) is 56.0 Å². The molecule has 0 saturated carbocycles. The molecular weight excluding hydrogens is 244 g/mol. The monoisotopic (exact) mass is 272 g/mol. The van der Waals surface area contributed by atoms with Gasteiger partial charge in [0.05, 0.1) is 0 Å². The van der Waals surface area contributed by atoms with Crippen molar-refractivity contribution in [2.45, 2.75) is 51.7 Å². The van der Waals surface area contributed by atoms with Crippen molar-refractivity contribution in [1.29, 1.82) is 0 Å². The SMILES string of the molecule is COCCCNCC1CCCN1C(=O)OC(C)(C)C. The van der Waals surface area contributed by atoms with E-state index in [4.69, 9.17) is 9.47 Å². The molecule has 0 aromatic carbocycles. The number of rotatable bonds is 6. The minimum atomic E-state index is -0.421. The molecule has 1 rings (SSSR count). The van der Waals surface area contributed by atoms with Crippen molar-refractivity contribution in [3.8, 4) is 0 Å². The predicted octanol–water partition coefficient (Wildman–Crippen LogP) is 2.01. The number of nitrogens with zero attached hydrogens (tertiary/aromatic N) is 1. The van der Waals surface area contributed by atoms with E-state index in [0.29, 0.717) is 0 Å². The molecule has 1 atom stereocenters. The Morgan fingerprint density at radius 2 is 2.16 bits per heavy atom. The Kier molecular flexibility index (Phi) is 6.58. The second-order valence-corrected chi connectivity index (χ2v) is 6.02. The largest absolute Gasteiger partial charge is 0.444 e. The molecule has 1 unspecified atom stereocenters. The first-order valence-corrected chi connectivity index (χ1v) is 7.13. The summed E-state index contributed by atoms with van der Waals surface area (Å²) in [6.45, 7) is 9.04. The Morgan fingerprint density at radius 1 is 1.42 bits per heavy atom. The topological polar surface area (TPSA) is 50.8 Å². The van der Waals surface area contributed by atoms with Crippen molar-refractivity contribution in [1.82, 2.24) is 10.2 Å². The summed E-state index contributed by atoms with van der Waals surface area (Å²) in [6, 6.07) is 0.261. The number of ether oxygens (including phenoxy) is 2. The van der Waals surface area contributed by atoms with Crippen LogP contribution in [0.4, 0.5) is 4.79 Å². The van der Waals surface area contributed by atoms with Gasteiger partial charge in [0, 0.05) is 32.8 Å². The normalized spacial score (nSPS) is 19.8. The number of nitrogens with one attached hydrogen (secondary N) is 1. The fourth-order valence-corrected chi connectivity index (χ4v) is 2.22. The van der Waals surface area contributed by atoms with Crippen LogP contribution in [0, 0.1) is 0 Å². The number of hydrogen-bond acceptors (Lipinski definition) is 4. The first-order chi connectivity index (χ1) is 8.94. The van der Waals surface area contributed by atoms with Crippen LogP contribution in [0.1, 0.15) is 40.0 Å². The zero-order valence-electron chi connectivity index (χ0n) is 12.7. The molecule has 0 aliphatic carbocycles. The molecule has 0 aromatic heterocycles. The first-order valence-electron chi connectivity index (χ1n) is 7.13. The van der Waals surface area contributed by atoms with Crippen molar-refractivity contribution >= 4 is 6.09 Å². The molecule has 1 heterocycles. The van der Waals surface area contributed by atoms with Crippen molar-refractivity contribution in [3.05, 3.63) is 0 Å². The summed E-state index contributed by atoms with van der Waals surface area (Å²) in [5.74, 6) is 0. The molecule has 0 aromatic rings. The second-order valence-electron chi connectivity index (χ2n) is 6.02. The highest BCUT2D eigenvalue weighted by molar-refractivity contribution is 5.69. The van der Waals surface area contributed by atoms with Crippen LogP contribution in [0.25, 0.3) is 0 Å². The highest BCUT2D eigenvalue weighted by Crippen LogP contribution is 2.20. The third-order valence-electron chi connectivity index (χ3n) is 3.09. The van der Waals surface area contributed by atoms with E-state index in [-0.39, 0.29) is 12.1 Å². The van der Waals surface area contributed by atoms with Gasteiger partial charge in [0.15, 0.2) is 0 Å². The van der Waals surface area contributed by atoms with Crippen LogP contribution in [0.3, 0.4) is 0 Å². The lowest BCUT2D eigenvalue weighted by Gasteiger charge is -2.28. The zero-order chi connectivity index (χ0) is 14.3. The van der Waals surface area contributed by atoms with Gasteiger partial charge in [-0.25, -0.2) is 4.79 Å². The predicted molar refractivity (Wildman–Crippen MR) is 75.3 cm³/mol. The van der Waals surface area contributed by atoms with Crippen molar-refractivity contribution < 1.29 is 14.3 Å². The molecule has 19 heavy (non-hydrogen) atoms. The van der Waals surface area contributed by atoms with E-state index >= 15 is 0 Å². The van der Waals surface area contributed by atoms with Crippen molar-refractivity contribution in [2.24, 2.45) is 0 Å². The van der Waals surface area contributed by atoms with E-state index in [2.05, 4.69) is 5.32 Å². The van der Waals surface area contributed by atoms with Gasteiger partial charge in [-0.1, -0.05) is 0 Å². The number of amides is 1. The Balaban J connectivity index is 2.31. The quantitative estimate of drug-likeness (QED) is 0.752. The molecular formula is C14H28N2O3. The van der Waals surface area contributed by atoms with Crippen LogP contribution >= 0.6 is 0 Å². The van der Waals surface area contributed by atoms with Gasteiger partial charge in [-0.3, -0.25) is 0 Å². The molecule has 1 aliphatic heterocycles. The van der Waals surface area contributed by atoms with Gasteiger partial charge >= 0.3 is 6.09 Å². The molecule has 112 valence electrons. The van der Waals surface area contributed by atoms with Crippen LogP contribution in [0.2, 0.25) is 0 Å². The Morgan fingerprint density at radius 3 is 2.79 bits per heavy atom. The summed E-state index contributed by atoms with van der Waals surface area (Å²) in [5, 5.41) is 3.38. The van der Waals surface area contributed by atoms with Crippen molar-refractivity contribution in [2.75, 3.05) is 33.4 Å². The highest BCUT2D eigenvalue weighted by atomic mass is 16.6. The van der Waals surface area contributed by atoms with Crippen LogP contribution in [0.15, 0.2) is 0 Å². The van der Waals surface area contributed by atoms with Gasteiger partial charge in [0.25, 0.3) is 0 Å². The average Bonchev–Trinajstić information content (AvgIpc) is 2.75. The van der Waals surface area contributed by atoms with Crippen LogP contribution in [-0.2, 0) is 9.47 Å². The lowest BCUT2D eigenvalue weighted by Crippen LogP contribution is -2.44. The standard InChI is InChI=1S/C14H28N2O3/c1-14(2,3)19-13(17)16-9-5-7-12(16)11-15-8-6-10-18-4/h12,15H,5-11H2,1-4H3. The number of hydrogen-bond donors (Lipinski definition) is 1. The van der Waals surface area contributed by atoms with E-state index in [1.54, 1.807) is 7.11 Å². The van der Waals surface area contributed by atoms with Crippen LogP contribution < -0.4 is 5.32 Å². The van der Waals surface area contributed by atoms with E-state index in [1.165, 1.54) is 0 Å². The first kappa shape index (κ1) is 16.2. The Bertz CT molecular complexity index is 276. The highest BCUT2D eigenvalue weighted by Gasteiger charge is 2.31. The average molecular weight is 272 g/mol.